The number of anilines is 3. The number of aromatic carboxylic acids is 1. The number of urea groups is 1. The van der Waals surface area contributed by atoms with Crippen LogP contribution in [0.2, 0.25) is 5.02 Å². The van der Waals surface area contributed by atoms with E-state index in [1.807, 2.05) is 13.0 Å². The lowest BCUT2D eigenvalue weighted by molar-refractivity contribution is 0.0697. The van der Waals surface area contributed by atoms with Crippen LogP contribution in [-0.2, 0) is 0 Å². The summed E-state index contributed by atoms with van der Waals surface area (Å²) >= 11 is 6.11. The number of benzene rings is 2. The number of fused-ring (bicyclic) bond motifs is 1. The molecule has 0 aliphatic rings. The van der Waals surface area contributed by atoms with Gasteiger partial charge in [-0.15, -0.1) is 0 Å². The molecule has 2 heterocycles. The lowest BCUT2D eigenvalue weighted by atomic mass is 10.0. The SMILES string of the molecule is Cc1ccc(Cl)c(NC(=O)Nc2ccc(-c3c(C(=O)O)cn4ncnc(N)c34)cc2)c1. The second-order valence-corrected chi connectivity index (χ2v) is 7.21. The lowest BCUT2D eigenvalue weighted by Crippen LogP contribution is -2.19. The van der Waals surface area contributed by atoms with Crippen LogP contribution in [0.1, 0.15) is 15.9 Å². The number of hydrogen-bond donors (Lipinski definition) is 4. The highest BCUT2D eigenvalue weighted by molar-refractivity contribution is 6.33. The first-order chi connectivity index (χ1) is 14.8. The smallest absolute Gasteiger partial charge is 0.337 e. The Kier molecular flexibility index (Phi) is 5.18. The number of nitrogens with two attached hydrogens (primary N) is 1. The van der Waals surface area contributed by atoms with Crippen molar-refractivity contribution in [3.63, 3.8) is 0 Å². The maximum atomic E-state index is 12.3. The van der Waals surface area contributed by atoms with Crippen LogP contribution in [0.3, 0.4) is 0 Å². The molecular formula is C21H17ClN6O3. The van der Waals surface area contributed by atoms with Gasteiger partial charge in [0, 0.05) is 17.4 Å². The summed E-state index contributed by atoms with van der Waals surface area (Å²) in [4.78, 5) is 28.0. The van der Waals surface area contributed by atoms with Crippen molar-refractivity contribution >= 4 is 46.3 Å². The summed E-state index contributed by atoms with van der Waals surface area (Å²) in [5.41, 5.74) is 9.35. The minimum absolute atomic E-state index is 0.0414. The molecule has 0 saturated carbocycles. The van der Waals surface area contributed by atoms with Gasteiger partial charge in [0.05, 0.1) is 16.3 Å². The Morgan fingerprint density at radius 3 is 2.58 bits per heavy atom. The van der Waals surface area contributed by atoms with Crippen molar-refractivity contribution in [1.29, 1.82) is 0 Å². The normalized spacial score (nSPS) is 10.8. The van der Waals surface area contributed by atoms with Crippen molar-refractivity contribution in [3.05, 3.63) is 71.1 Å². The van der Waals surface area contributed by atoms with Crippen molar-refractivity contribution in [1.82, 2.24) is 14.6 Å². The third-order valence-corrected chi connectivity index (χ3v) is 4.96. The van der Waals surface area contributed by atoms with E-state index in [4.69, 9.17) is 17.3 Å². The highest BCUT2D eigenvalue weighted by Gasteiger charge is 2.21. The second kappa shape index (κ2) is 7.96. The highest BCUT2D eigenvalue weighted by Crippen LogP contribution is 2.33. The Balaban J connectivity index is 1.60. The molecule has 31 heavy (non-hydrogen) atoms. The summed E-state index contributed by atoms with van der Waals surface area (Å²) in [6, 6.07) is 11.5. The molecule has 10 heteroatoms. The maximum Gasteiger partial charge on any atom is 0.337 e. The minimum Gasteiger partial charge on any atom is -0.478 e. The average molecular weight is 437 g/mol. The van der Waals surface area contributed by atoms with Gasteiger partial charge >= 0.3 is 12.0 Å². The summed E-state index contributed by atoms with van der Waals surface area (Å²) < 4.78 is 1.38. The number of hydrogen-bond acceptors (Lipinski definition) is 5. The van der Waals surface area contributed by atoms with Crippen LogP contribution in [0.4, 0.5) is 22.0 Å². The van der Waals surface area contributed by atoms with Gasteiger partial charge in [-0.2, -0.15) is 5.10 Å². The number of carboxylic acid groups (broad SMARTS) is 1. The number of aromatic nitrogens is 3. The van der Waals surface area contributed by atoms with Crippen LogP contribution in [-0.4, -0.2) is 31.7 Å². The first-order valence-electron chi connectivity index (χ1n) is 9.13. The molecule has 2 aromatic carbocycles. The topological polar surface area (TPSA) is 135 Å². The number of nitrogen functional groups attached to an aromatic ring is 1. The summed E-state index contributed by atoms with van der Waals surface area (Å²) in [5, 5.41) is 19.5. The van der Waals surface area contributed by atoms with Gasteiger partial charge in [-0.1, -0.05) is 29.8 Å². The average Bonchev–Trinajstić information content (AvgIpc) is 3.13. The monoisotopic (exact) mass is 436 g/mol. The number of carbonyl (C=O) groups is 2. The van der Waals surface area contributed by atoms with E-state index in [9.17, 15) is 14.7 Å². The Morgan fingerprint density at radius 1 is 1.13 bits per heavy atom. The fourth-order valence-corrected chi connectivity index (χ4v) is 3.39. The maximum absolute atomic E-state index is 12.3. The summed E-state index contributed by atoms with van der Waals surface area (Å²) in [7, 11) is 0. The van der Waals surface area contributed by atoms with Crippen LogP contribution in [0.25, 0.3) is 16.6 Å². The molecule has 9 nitrogen and oxygen atoms in total. The molecule has 4 rings (SSSR count). The van der Waals surface area contributed by atoms with Crippen molar-refractivity contribution in [3.8, 4) is 11.1 Å². The Bertz CT molecular complexity index is 1320. The van der Waals surface area contributed by atoms with E-state index in [2.05, 4.69) is 20.7 Å². The van der Waals surface area contributed by atoms with Gasteiger partial charge in [-0.05, 0) is 42.3 Å². The molecule has 0 aliphatic heterocycles. The van der Waals surface area contributed by atoms with Gasteiger partial charge in [-0.25, -0.2) is 19.1 Å². The number of aryl methyl sites for hydroxylation is 1. The Labute approximate surface area is 181 Å². The van der Waals surface area contributed by atoms with Crippen LogP contribution >= 0.6 is 11.6 Å². The van der Waals surface area contributed by atoms with Gasteiger partial charge in [0.1, 0.15) is 11.8 Å². The van der Waals surface area contributed by atoms with E-state index in [1.165, 1.54) is 17.0 Å². The molecule has 2 amide bonds. The number of halogens is 1. The molecule has 0 radical (unpaired) electrons. The molecule has 2 aromatic heterocycles. The van der Waals surface area contributed by atoms with E-state index < -0.39 is 12.0 Å². The molecule has 156 valence electrons. The zero-order chi connectivity index (χ0) is 22.1. The molecule has 0 atom stereocenters. The standard InChI is InChI=1S/C21H17ClN6O3/c1-11-2-7-15(22)16(8-11)27-21(31)26-13-5-3-12(4-6-13)17-14(20(29)30)9-28-18(17)19(23)24-10-25-28/h2-10H,1H3,(H,29,30)(H2,23,24,25)(H2,26,27,31). The van der Waals surface area contributed by atoms with Gasteiger partial charge < -0.3 is 21.5 Å². The Morgan fingerprint density at radius 2 is 1.87 bits per heavy atom. The van der Waals surface area contributed by atoms with E-state index in [-0.39, 0.29) is 11.4 Å². The number of carboxylic acids is 1. The zero-order valence-corrected chi connectivity index (χ0v) is 17.0. The van der Waals surface area contributed by atoms with E-state index >= 15 is 0 Å². The summed E-state index contributed by atoms with van der Waals surface area (Å²) in [5.74, 6) is -0.953. The predicted octanol–water partition coefficient (Wildman–Crippen LogP) is 4.28. The van der Waals surface area contributed by atoms with Gasteiger partial charge in [-0.3, -0.25) is 0 Å². The van der Waals surface area contributed by atoms with Crippen LogP contribution in [0.5, 0.6) is 0 Å². The molecule has 5 N–H and O–H groups in total. The number of rotatable bonds is 4. The molecule has 0 saturated heterocycles. The van der Waals surface area contributed by atoms with Crippen molar-refractivity contribution in [2.45, 2.75) is 6.92 Å². The predicted molar refractivity (Wildman–Crippen MR) is 119 cm³/mol. The van der Waals surface area contributed by atoms with E-state index in [0.29, 0.717) is 33.0 Å². The van der Waals surface area contributed by atoms with E-state index in [1.54, 1.807) is 36.4 Å². The number of amides is 2. The van der Waals surface area contributed by atoms with Crippen molar-refractivity contribution in [2.24, 2.45) is 0 Å². The molecular weight excluding hydrogens is 420 g/mol. The van der Waals surface area contributed by atoms with Gasteiger partial charge in [0.15, 0.2) is 5.82 Å². The van der Waals surface area contributed by atoms with Crippen LogP contribution < -0.4 is 16.4 Å². The fourth-order valence-electron chi connectivity index (χ4n) is 3.23. The number of nitrogens with one attached hydrogen (secondary N) is 2. The van der Waals surface area contributed by atoms with Crippen LogP contribution in [0, 0.1) is 6.92 Å². The molecule has 0 bridgehead atoms. The van der Waals surface area contributed by atoms with Gasteiger partial charge in [0.2, 0.25) is 0 Å². The number of carbonyl (C=O) groups excluding carboxylic acids is 1. The molecule has 0 aliphatic carbocycles. The first kappa shape index (κ1) is 20.2. The third-order valence-electron chi connectivity index (χ3n) is 4.63. The largest absolute Gasteiger partial charge is 0.478 e. The summed E-state index contributed by atoms with van der Waals surface area (Å²) in [6.45, 7) is 1.90. The lowest BCUT2D eigenvalue weighted by Gasteiger charge is -2.10. The van der Waals surface area contributed by atoms with Crippen LogP contribution in [0.15, 0.2) is 55.0 Å². The third kappa shape index (κ3) is 3.99. The minimum atomic E-state index is -1.11. The second-order valence-electron chi connectivity index (χ2n) is 6.80. The molecule has 0 spiro atoms. The highest BCUT2D eigenvalue weighted by atomic mass is 35.5. The quantitative estimate of drug-likeness (QED) is 0.377. The molecule has 0 fully saturated rings. The van der Waals surface area contributed by atoms with Gasteiger partial charge in [0.25, 0.3) is 0 Å². The van der Waals surface area contributed by atoms with E-state index in [0.717, 1.165) is 5.56 Å². The Hall–Kier alpha value is -4.11. The number of nitrogens with zero attached hydrogens (tertiary/aromatic N) is 3. The molecule has 4 aromatic rings. The van der Waals surface area contributed by atoms with Crippen molar-refractivity contribution < 1.29 is 14.7 Å². The molecule has 0 unspecified atom stereocenters. The fraction of sp³-hybridized carbons (Fsp3) is 0.0476. The zero-order valence-electron chi connectivity index (χ0n) is 16.3. The van der Waals surface area contributed by atoms with Crippen molar-refractivity contribution in [2.75, 3.05) is 16.4 Å². The summed E-state index contributed by atoms with van der Waals surface area (Å²) in [6.07, 6.45) is 2.64. The first-order valence-corrected chi connectivity index (χ1v) is 9.51.